The quantitative estimate of drug-likeness (QED) is 0.811. The lowest BCUT2D eigenvalue weighted by atomic mass is 10.1. The molecule has 0 spiro atoms. The molecule has 2 aromatic rings. The highest BCUT2D eigenvalue weighted by molar-refractivity contribution is 7.10. The molecule has 0 saturated heterocycles. The Labute approximate surface area is 118 Å². The number of rotatable bonds is 6. The Morgan fingerprint density at radius 1 is 1.37 bits per heavy atom. The van der Waals surface area contributed by atoms with Crippen LogP contribution < -0.4 is 0 Å². The van der Waals surface area contributed by atoms with Gasteiger partial charge in [-0.2, -0.15) is 4.98 Å². The van der Waals surface area contributed by atoms with E-state index >= 15 is 0 Å². The first-order valence-corrected chi connectivity index (χ1v) is 7.49. The van der Waals surface area contributed by atoms with E-state index in [1.807, 2.05) is 0 Å². The van der Waals surface area contributed by atoms with Crippen LogP contribution in [-0.4, -0.2) is 22.1 Å². The molecule has 104 valence electrons. The van der Waals surface area contributed by atoms with Gasteiger partial charge in [-0.3, -0.25) is 4.90 Å². The van der Waals surface area contributed by atoms with Crippen molar-refractivity contribution in [3.05, 3.63) is 34.1 Å². The van der Waals surface area contributed by atoms with Crippen molar-refractivity contribution in [1.82, 2.24) is 15.0 Å². The van der Waals surface area contributed by atoms with Gasteiger partial charge in [0.25, 0.3) is 0 Å². The first kappa shape index (κ1) is 14.2. The fourth-order valence-electron chi connectivity index (χ4n) is 1.90. The third-order valence-corrected chi connectivity index (χ3v) is 4.14. The number of hydrogen-bond donors (Lipinski definition) is 0. The van der Waals surface area contributed by atoms with Gasteiger partial charge in [0.15, 0.2) is 5.82 Å². The molecule has 19 heavy (non-hydrogen) atoms. The number of nitrogens with zero attached hydrogens (tertiary/aromatic N) is 3. The molecule has 2 heterocycles. The maximum absolute atomic E-state index is 5.30. The highest BCUT2D eigenvalue weighted by Crippen LogP contribution is 2.24. The summed E-state index contributed by atoms with van der Waals surface area (Å²) in [5.74, 6) is 2.05. The van der Waals surface area contributed by atoms with Crippen LogP contribution >= 0.6 is 11.3 Å². The summed E-state index contributed by atoms with van der Waals surface area (Å²) < 4.78 is 5.30. The van der Waals surface area contributed by atoms with Gasteiger partial charge in [-0.1, -0.05) is 25.1 Å². The fraction of sp³-hybridized carbons (Fsp3) is 0.571. The second kappa shape index (κ2) is 6.30. The van der Waals surface area contributed by atoms with Gasteiger partial charge in [0.1, 0.15) is 0 Å². The Morgan fingerprint density at radius 3 is 2.79 bits per heavy atom. The summed E-state index contributed by atoms with van der Waals surface area (Å²) in [6.07, 6.45) is 0.869. The SMILES string of the molecule is CC(C)Cc1noc(CN(C)C(C)c2cccs2)n1. The molecule has 0 radical (unpaired) electrons. The molecular weight excluding hydrogens is 258 g/mol. The zero-order valence-corrected chi connectivity index (χ0v) is 12.8. The molecule has 0 aliphatic heterocycles. The molecule has 0 saturated carbocycles. The number of hydrogen-bond acceptors (Lipinski definition) is 5. The first-order chi connectivity index (χ1) is 9.06. The average molecular weight is 279 g/mol. The second-order valence-electron chi connectivity index (χ2n) is 5.31. The van der Waals surface area contributed by atoms with Crippen molar-refractivity contribution in [1.29, 1.82) is 0 Å². The maximum Gasteiger partial charge on any atom is 0.240 e. The zero-order valence-electron chi connectivity index (χ0n) is 12.0. The molecule has 2 rings (SSSR count). The van der Waals surface area contributed by atoms with E-state index in [-0.39, 0.29) is 0 Å². The predicted molar refractivity (Wildman–Crippen MR) is 77.0 cm³/mol. The Morgan fingerprint density at radius 2 is 2.16 bits per heavy atom. The van der Waals surface area contributed by atoms with Crippen LogP contribution in [0.15, 0.2) is 22.0 Å². The van der Waals surface area contributed by atoms with Crippen molar-refractivity contribution in [2.45, 2.75) is 39.8 Å². The molecule has 5 heteroatoms. The van der Waals surface area contributed by atoms with Crippen molar-refractivity contribution in [3.8, 4) is 0 Å². The molecular formula is C14H21N3OS. The molecule has 1 unspecified atom stereocenters. The van der Waals surface area contributed by atoms with Crippen LogP contribution in [0, 0.1) is 5.92 Å². The molecule has 0 bridgehead atoms. The average Bonchev–Trinajstić information content (AvgIpc) is 2.98. The predicted octanol–water partition coefficient (Wildman–Crippen LogP) is 3.52. The summed E-state index contributed by atoms with van der Waals surface area (Å²) in [5.41, 5.74) is 0. The van der Waals surface area contributed by atoms with Gasteiger partial charge in [-0.25, -0.2) is 0 Å². The van der Waals surface area contributed by atoms with Crippen LogP contribution in [0.5, 0.6) is 0 Å². The topological polar surface area (TPSA) is 42.2 Å². The Hall–Kier alpha value is -1.20. The van der Waals surface area contributed by atoms with Gasteiger partial charge in [0, 0.05) is 17.3 Å². The summed E-state index contributed by atoms with van der Waals surface area (Å²) in [6, 6.07) is 4.60. The normalized spacial score (nSPS) is 13.4. The summed E-state index contributed by atoms with van der Waals surface area (Å²) in [4.78, 5) is 8.01. The van der Waals surface area contributed by atoms with Gasteiger partial charge in [-0.15, -0.1) is 11.3 Å². The smallest absolute Gasteiger partial charge is 0.240 e. The van der Waals surface area contributed by atoms with Crippen LogP contribution in [0.2, 0.25) is 0 Å². The monoisotopic (exact) mass is 279 g/mol. The Kier molecular flexibility index (Phi) is 4.71. The van der Waals surface area contributed by atoms with Crippen molar-refractivity contribution in [3.63, 3.8) is 0 Å². The summed E-state index contributed by atoms with van der Waals surface area (Å²) in [5, 5.41) is 6.13. The van der Waals surface area contributed by atoms with E-state index in [0.29, 0.717) is 24.4 Å². The van der Waals surface area contributed by atoms with Gasteiger partial charge in [0.05, 0.1) is 6.54 Å². The minimum Gasteiger partial charge on any atom is -0.338 e. The fourth-order valence-corrected chi connectivity index (χ4v) is 2.75. The van der Waals surface area contributed by atoms with E-state index in [4.69, 9.17) is 4.52 Å². The van der Waals surface area contributed by atoms with Crippen LogP contribution in [-0.2, 0) is 13.0 Å². The minimum absolute atomic E-state index is 0.362. The summed E-state index contributed by atoms with van der Waals surface area (Å²) in [7, 11) is 2.08. The lowest BCUT2D eigenvalue weighted by Crippen LogP contribution is -2.21. The minimum atomic E-state index is 0.362. The molecule has 0 aliphatic carbocycles. The standard InChI is InChI=1S/C14H21N3OS/c1-10(2)8-13-15-14(18-16-13)9-17(4)11(3)12-6-5-7-19-12/h5-7,10-11H,8-9H2,1-4H3. The maximum atomic E-state index is 5.30. The first-order valence-electron chi connectivity index (χ1n) is 6.61. The molecule has 4 nitrogen and oxygen atoms in total. The van der Waals surface area contributed by atoms with Crippen LogP contribution in [0.1, 0.15) is 43.4 Å². The summed E-state index contributed by atoms with van der Waals surface area (Å²) in [6.45, 7) is 7.18. The lowest BCUT2D eigenvalue weighted by molar-refractivity contribution is 0.218. The van der Waals surface area contributed by atoms with Crippen LogP contribution in [0.25, 0.3) is 0 Å². The van der Waals surface area contributed by atoms with E-state index < -0.39 is 0 Å². The molecule has 1 atom stereocenters. The Bertz CT molecular complexity index is 493. The highest BCUT2D eigenvalue weighted by Gasteiger charge is 2.16. The van der Waals surface area contributed by atoms with Gasteiger partial charge < -0.3 is 4.52 Å². The van der Waals surface area contributed by atoms with Gasteiger partial charge in [0.2, 0.25) is 5.89 Å². The number of aromatic nitrogens is 2. The van der Waals surface area contributed by atoms with Crippen LogP contribution in [0.4, 0.5) is 0 Å². The van der Waals surface area contributed by atoms with E-state index in [2.05, 4.69) is 60.4 Å². The second-order valence-corrected chi connectivity index (χ2v) is 6.29. The Balaban J connectivity index is 1.95. The third-order valence-electron chi connectivity index (χ3n) is 3.10. The molecule has 0 fully saturated rings. The molecule has 2 aromatic heterocycles. The van der Waals surface area contributed by atoms with Gasteiger partial charge in [-0.05, 0) is 31.3 Å². The van der Waals surface area contributed by atoms with E-state index in [1.54, 1.807) is 11.3 Å². The van der Waals surface area contributed by atoms with Crippen LogP contribution in [0.3, 0.4) is 0 Å². The van der Waals surface area contributed by atoms with E-state index in [1.165, 1.54) is 4.88 Å². The van der Waals surface area contributed by atoms with Gasteiger partial charge >= 0.3 is 0 Å². The van der Waals surface area contributed by atoms with Crippen molar-refractivity contribution < 1.29 is 4.52 Å². The summed E-state index contributed by atoms with van der Waals surface area (Å²) >= 11 is 1.78. The van der Waals surface area contributed by atoms with E-state index in [9.17, 15) is 0 Å². The number of thiophene rings is 1. The third kappa shape index (κ3) is 3.88. The largest absolute Gasteiger partial charge is 0.338 e. The van der Waals surface area contributed by atoms with Crippen molar-refractivity contribution in [2.24, 2.45) is 5.92 Å². The molecule has 0 amide bonds. The molecule has 0 aliphatic rings. The van der Waals surface area contributed by atoms with Crippen molar-refractivity contribution >= 4 is 11.3 Å². The lowest BCUT2D eigenvalue weighted by Gasteiger charge is -2.21. The zero-order chi connectivity index (χ0) is 13.8. The molecule has 0 aromatic carbocycles. The molecule has 0 N–H and O–H groups in total. The highest BCUT2D eigenvalue weighted by atomic mass is 32.1. The van der Waals surface area contributed by atoms with E-state index in [0.717, 1.165) is 12.2 Å². The van der Waals surface area contributed by atoms with Crippen molar-refractivity contribution in [2.75, 3.05) is 7.05 Å².